The second-order valence-electron chi connectivity index (χ2n) is 8.29. The van der Waals surface area contributed by atoms with Crippen LogP contribution in [0.2, 0.25) is 0 Å². The van der Waals surface area contributed by atoms with E-state index in [1.54, 1.807) is 11.3 Å². The molecule has 1 aliphatic heterocycles. The minimum atomic E-state index is -0.324. The molecule has 1 aliphatic rings. The maximum Gasteiger partial charge on any atom is 0.0910 e. The molecular formula is C26H27N3OS. The van der Waals surface area contributed by atoms with Gasteiger partial charge in [0, 0.05) is 17.0 Å². The molecule has 3 heterocycles. The average molecular weight is 430 g/mol. The van der Waals surface area contributed by atoms with Gasteiger partial charge in [0.05, 0.1) is 18.0 Å². The van der Waals surface area contributed by atoms with E-state index >= 15 is 0 Å². The van der Waals surface area contributed by atoms with Gasteiger partial charge in [0.15, 0.2) is 0 Å². The Morgan fingerprint density at radius 2 is 1.65 bits per heavy atom. The highest BCUT2D eigenvalue weighted by atomic mass is 32.1. The molecule has 1 unspecified atom stereocenters. The van der Waals surface area contributed by atoms with Crippen molar-refractivity contribution in [1.29, 1.82) is 0 Å². The Bertz CT molecular complexity index is 1080. The molecule has 1 atom stereocenters. The van der Waals surface area contributed by atoms with Crippen LogP contribution in [-0.4, -0.2) is 33.3 Å². The van der Waals surface area contributed by atoms with Crippen LogP contribution >= 0.6 is 11.3 Å². The van der Waals surface area contributed by atoms with Crippen LogP contribution in [0, 0.1) is 5.92 Å². The van der Waals surface area contributed by atoms with Gasteiger partial charge >= 0.3 is 0 Å². The number of nitrogens with zero attached hydrogens (tertiary/aromatic N) is 2. The molecule has 0 amide bonds. The molecule has 2 aromatic carbocycles. The number of piperidine rings is 1. The fourth-order valence-electron chi connectivity index (χ4n) is 4.50. The summed E-state index contributed by atoms with van der Waals surface area (Å²) in [6, 6.07) is 23.2. The number of hydrogen-bond donors (Lipinski definition) is 2. The molecule has 2 N–H and O–H groups in total. The zero-order valence-electron chi connectivity index (χ0n) is 17.4. The quantitative estimate of drug-likeness (QED) is 0.410. The smallest absolute Gasteiger partial charge is 0.0910 e. The first-order valence-electron chi connectivity index (χ1n) is 10.9. The van der Waals surface area contributed by atoms with Crippen molar-refractivity contribution in [1.82, 2.24) is 15.1 Å². The lowest BCUT2D eigenvalue weighted by Crippen LogP contribution is -2.35. The van der Waals surface area contributed by atoms with Gasteiger partial charge in [-0.15, -0.1) is 11.3 Å². The van der Waals surface area contributed by atoms with Gasteiger partial charge in [-0.25, -0.2) is 0 Å². The van der Waals surface area contributed by atoms with Crippen molar-refractivity contribution >= 4 is 11.3 Å². The van der Waals surface area contributed by atoms with E-state index in [0.29, 0.717) is 5.92 Å². The third-order valence-corrected chi connectivity index (χ3v) is 7.25. The van der Waals surface area contributed by atoms with E-state index in [0.717, 1.165) is 48.6 Å². The Kier molecular flexibility index (Phi) is 5.98. The number of thiophene rings is 1. The highest BCUT2D eigenvalue weighted by molar-refractivity contribution is 7.10. The van der Waals surface area contributed by atoms with Gasteiger partial charge in [-0.2, -0.15) is 5.10 Å². The molecule has 1 saturated heterocycles. The van der Waals surface area contributed by atoms with Crippen LogP contribution in [0.3, 0.4) is 0 Å². The minimum absolute atomic E-state index is 0.324. The topological polar surface area (TPSA) is 52.1 Å². The van der Waals surface area contributed by atoms with E-state index < -0.39 is 0 Å². The van der Waals surface area contributed by atoms with E-state index in [1.165, 1.54) is 16.7 Å². The average Bonchev–Trinajstić information content (AvgIpc) is 3.53. The Hall–Kier alpha value is -2.73. The fraction of sp³-hybridized carbons (Fsp3) is 0.269. The Labute approximate surface area is 187 Å². The molecular weight excluding hydrogens is 402 g/mol. The Morgan fingerprint density at radius 3 is 2.35 bits per heavy atom. The number of likely N-dealkylation sites (tertiary alicyclic amines) is 1. The predicted octanol–water partition coefficient (Wildman–Crippen LogP) is 5.75. The van der Waals surface area contributed by atoms with Gasteiger partial charge < -0.3 is 5.11 Å². The Morgan fingerprint density at radius 1 is 0.935 bits per heavy atom. The van der Waals surface area contributed by atoms with Gasteiger partial charge in [0.2, 0.25) is 0 Å². The van der Waals surface area contributed by atoms with Crippen LogP contribution in [0.4, 0.5) is 0 Å². The van der Waals surface area contributed by atoms with E-state index in [9.17, 15) is 5.11 Å². The lowest BCUT2D eigenvalue weighted by Gasteiger charge is -2.33. The van der Waals surface area contributed by atoms with Crippen molar-refractivity contribution in [2.45, 2.75) is 25.5 Å². The molecule has 1 fully saturated rings. The van der Waals surface area contributed by atoms with Crippen LogP contribution in [0.1, 0.15) is 29.4 Å². The summed E-state index contributed by atoms with van der Waals surface area (Å²) in [5, 5.41) is 20.2. The summed E-state index contributed by atoms with van der Waals surface area (Å²) >= 11 is 1.65. The predicted molar refractivity (Wildman–Crippen MR) is 127 cm³/mol. The summed E-state index contributed by atoms with van der Waals surface area (Å²) in [5.41, 5.74) is 5.93. The van der Waals surface area contributed by atoms with E-state index in [1.807, 2.05) is 29.8 Å². The minimum Gasteiger partial charge on any atom is -0.387 e. The second-order valence-corrected chi connectivity index (χ2v) is 9.27. The van der Waals surface area contributed by atoms with Gasteiger partial charge in [0.25, 0.3) is 0 Å². The van der Waals surface area contributed by atoms with Crippen molar-refractivity contribution in [2.75, 3.05) is 13.1 Å². The SMILES string of the molecule is OC(c1cccs1)C1CCN(Cc2cn[nH]c2-c2ccc(-c3ccccc3)cc2)CC1. The zero-order chi connectivity index (χ0) is 21.0. The van der Waals surface area contributed by atoms with Crippen LogP contribution in [0.5, 0.6) is 0 Å². The molecule has 4 nitrogen and oxygen atoms in total. The summed E-state index contributed by atoms with van der Waals surface area (Å²) in [6.45, 7) is 2.89. The van der Waals surface area contributed by atoms with Gasteiger partial charge in [-0.05, 0) is 60.0 Å². The van der Waals surface area contributed by atoms with E-state index in [4.69, 9.17) is 0 Å². The fourth-order valence-corrected chi connectivity index (χ4v) is 5.30. The van der Waals surface area contributed by atoms with Crippen molar-refractivity contribution in [3.8, 4) is 22.4 Å². The number of aromatic nitrogens is 2. The molecule has 31 heavy (non-hydrogen) atoms. The number of rotatable bonds is 6. The van der Waals surface area contributed by atoms with E-state index in [2.05, 4.69) is 63.6 Å². The van der Waals surface area contributed by atoms with Crippen LogP contribution in [0.15, 0.2) is 78.3 Å². The number of nitrogens with one attached hydrogen (secondary N) is 1. The molecule has 4 aromatic rings. The molecule has 158 valence electrons. The lowest BCUT2D eigenvalue weighted by molar-refractivity contribution is 0.0591. The van der Waals surface area contributed by atoms with Crippen molar-refractivity contribution < 1.29 is 5.11 Å². The first-order valence-corrected chi connectivity index (χ1v) is 11.8. The largest absolute Gasteiger partial charge is 0.387 e. The zero-order valence-corrected chi connectivity index (χ0v) is 18.3. The first kappa shape index (κ1) is 20.2. The molecule has 5 rings (SSSR count). The number of aliphatic hydroxyl groups excluding tert-OH is 1. The molecule has 0 aliphatic carbocycles. The molecule has 0 spiro atoms. The molecule has 5 heteroatoms. The van der Waals surface area contributed by atoms with Crippen LogP contribution in [0.25, 0.3) is 22.4 Å². The lowest BCUT2D eigenvalue weighted by atomic mass is 9.90. The number of hydrogen-bond acceptors (Lipinski definition) is 4. The Balaban J connectivity index is 1.23. The van der Waals surface area contributed by atoms with Crippen molar-refractivity contribution in [2.24, 2.45) is 5.92 Å². The van der Waals surface area contributed by atoms with Crippen LogP contribution < -0.4 is 0 Å². The number of aliphatic hydroxyl groups is 1. The summed E-state index contributed by atoms with van der Waals surface area (Å²) in [5.74, 6) is 0.351. The van der Waals surface area contributed by atoms with Gasteiger partial charge in [-0.1, -0.05) is 60.7 Å². The summed E-state index contributed by atoms with van der Waals surface area (Å²) in [7, 11) is 0. The van der Waals surface area contributed by atoms with Crippen molar-refractivity contribution in [3.63, 3.8) is 0 Å². The molecule has 2 aromatic heterocycles. The third kappa shape index (κ3) is 4.49. The van der Waals surface area contributed by atoms with Crippen molar-refractivity contribution in [3.05, 3.63) is 88.7 Å². The van der Waals surface area contributed by atoms with Gasteiger partial charge in [0.1, 0.15) is 0 Å². The van der Waals surface area contributed by atoms with E-state index in [-0.39, 0.29) is 6.10 Å². The number of benzene rings is 2. The normalized spacial score (nSPS) is 16.4. The first-order chi connectivity index (χ1) is 15.3. The summed E-state index contributed by atoms with van der Waals surface area (Å²) in [4.78, 5) is 3.57. The maximum atomic E-state index is 10.7. The van der Waals surface area contributed by atoms with Crippen LogP contribution in [-0.2, 0) is 6.54 Å². The number of aromatic amines is 1. The summed E-state index contributed by atoms with van der Waals surface area (Å²) < 4.78 is 0. The highest BCUT2D eigenvalue weighted by Gasteiger charge is 2.27. The highest BCUT2D eigenvalue weighted by Crippen LogP contribution is 2.34. The molecule has 0 radical (unpaired) electrons. The monoisotopic (exact) mass is 429 g/mol. The molecule has 0 bridgehead atoms. The van der Waals surface area contributed by atoms with Gasteiger partial charge in [-0.3, -0.25) is 10.00 Å². The number of H-pyrrole nitrogens is 1. The second kappa shape index (κ2) is 9.18. The maximum absolute atomic E-state index is 10.7. The standard InChI is InChI=1S/C26H27N3OS/c30-26(24-7-4-16-31-24)22-12-14-29(15-13-22)18-23-17-27-28-25(23)21-10-8-20(9-11-21)19-5-2-1-3-6-19/h1-11,16-17,22,26,30H,12-15,18H2,(H,27,28). The summed E-state index contributed by atoms with van der Waals surface area (Å²) in [6.07, 6.45) is 3.68. The molecule has 0 saturated carbocycles. The third-order valence-electron chi connectivity index (χ3n) is 6.31.